The summed E-state index contributed by atoms with van der Waals surface area (Å²) in [5, 5.41) is 13.1. The molecule has 3 aromatic rings. The van der Waals surface area contributed by atoms with E-state index in [-0.39, 0.29) is 11.8 Å². The summed E-state index contributed by atoms with van der Waals surface area (Å²) in [6.07, 6.45) is 0. The van der Waals surface area contributed by atoms with Gasteiger partial charge in [0.2, 0.25) is 0 Å². The lowest BCUT2D eigenvalue weighted by molar-refractivity contribution is -0.112. The van der Waals surface area contributed by atoms with Crippen LogP contribution in [0.15, 0.2) is 47.5 Å². The molecule has 5 heteroatoms. The minimum absolute atomic E-state index is 0.0487. The number of carbonyl (C=O) groups excluding carboxylic acids is 1. The molecule has 0 saturated carbocycles. The van der Waals surface area contributed by atoms with Crippen molar-refractivity contribution in [2.75, 3.05) is 0 Å². The lowest BCUT2D eigenvalue weighted by Gasteiger charge is -2.01. The van der Waals surface area contributed by atoms with E-state index in [0.717, 1.165) is 10.9 Å². The molecule has 0 fully saturated rings. The van der Waals surface area contributed by atoms with E-state index in [1.54, 1.807) is 29.8 Å². The van der Waals surface area contributed by atoms with Gasteiger partial charge >= 0.3 is 0 Å². The van der Waals surface area contributed by atoms with Gasteiger partial charge in [-0.1, -0.05) is 29.8 Å². The normalized spacial score (nSPS) is 13.5. The molecule has 0 spiro atoms. The highest BCUT2D eigenvalue weighted by atomic mass is 35.5. The molecular weight excluding hydrogens is 300 g/mol. The standard InChI is InChI=1S/C17H11ClN2O2/c1-20-13-5-3-2-4-10(13)15(17(20)22)14-11-8-9(18)6-7-12(11)19-16(14)21/h2-8,22H,1H3. The van der Waals surface area contributed by atoms with Gasteiger partial charge in [-0.3, -0.25) is 4.79 Å². The first-order valence-corrected chi connectivity index (χ1v) is 7.15. The smallest absolute Gasteiger partial charge is 0.279 e. The number of rotatable bonds is 1. The fourth-order valence-electron chi connectivity index (χ4n) is 2.95. The van der Waals surface area contributed by atoms with Crippen molar-refractivity contribution in [1.82, 2.24) is 4.57 Å². The summed E-state index contributed by atoms with van der Waals surface area (Å²) in [4.78, 5) is 16.4. The molecule has 1 aromatic heterocycles. The fraction of sp³-hybridized carbons (Fsp3) is 0.0588. The molecule has 4 nitrogen and oxygen atoms in total. The molecule has 1 N–H and O–H groups in total. The van der Waals surface area contributed by atoms with Gasteiger partial charge in [-0.15, -0.1) is 0 Å². The van der Waals surface area contributed by atoms with E-state index in [1.165, 1.54) is 0 Å². The summed E-state index contributed by atoms with van der Waals surface area (Å²) in [6.45, 7) is 0. The Kier molecular flexibility index (Phi) is 2.65. The van der Waals surface area contributed by atoms with Crippen molar-refractivity contribution >= 4 is 34.0 Å². The van der Waals surface area contributed by atoms with Crippen LogP contribution in [-0.2, 0) is 11.8 Å². The monoisotopic (exact) mass is 310 g/mol. The van der Waals surface area contributed by atoms with Crippen molar-refractivity contribution in [2.45, 2.75) is 0 Å². The first-order valence-electron chi connectivity index (χ1n) is 6.77. The van der Waals surface area contributed by atoms with Crippen molar-refractivity contribution in [3.63, 3.8) is 0 Å². The molecule has 0 unspecified atom stereocenters. The van der Waals surface area contributed by atoms with Gasteiger partial charge in [0.25, 0.3) is 5.91 Å². The summed E-state index contributed by atoms with van der Waals surface area (Å²) in [6, 6.07) is 12.7. The van der Waals surface area contributed by atoms with E-state index in [2.05, 4.69) is 4.99 Å². The Hall–Kier alpha value is -2.59. The van der Waals surface area contributed by atoms with E-state index < -0.39 is 0 Å². The van der Waals surface area contributed by atoms with Crippen LogP contribution in [0.2, 0.25) is 5.02 Å². The molecule has 4 rings (SSSR count). The molecule has 0 saturated heterocycles. The van der Waals surface area contributed by atoms with Gasteiger partial charge in [-0.25, -0.2) is 4.99 Å². The highest BCUT2D eigenvalue weighted by Gasteiger charge is 2.26. The maximum absolute atomic E-state index is 12.4. The maximum atomic E-state index is 12.4. The molecular formula is C17H11ClN2O2. The summed E-state index contributed by atoms with van der Waals surface area (Å²) in [5.74, 6) is -0.309. The second kappa shape index (κ2) is 4.45. The number of para-hydroxylation sites is 1. The Labute approximate surface area is 130 Å². The molecule has 2 aromatic carbocycles. The summed E-state index contributed by atoms with van der Waals surface area (Å²) in [7, 11) is 1.76. The molecule has 0 bridgehead atoms. The molecule has 1 amide bonds. The summed E-state index contributed by atoms with van der Waals surface area (Å²) in [5.41, 5.74) is 1.76. The zero-order valence-corrected chi connectivity index (χ0v) is 12.4. The minimum atomic E-state index is -0.357. The minimum Gasteiger partial charge on any atom is -0.494 e. The van der Waals surface area contributed by atoms with Crippen LogP contribution in [0.25, 0.3) is 16.5 Å². The second-order valence-corrected chi connectivity index (χ2v) is 5.66. The number of hydrogen-bond donors (Lipinski definition) is 1. The van der Waals surface area contributed by atoms with E-state index in [4.69, 9.17) is 11.6 Å². The number of aryl methyl sites for hydroxylation is 1. The number of benzene rings is 2. The largest absolute Gasteiger partial charge is 0.494 e. The molecule has 1 aliphatic heterocycles. The van der Waals surface area contributed by atoms with E-state index in [0.29, 0.717) is 26.7 Å². The Morgan fingerprint density at radius 3 is 2.77 bits per heavy atom. The van der Waals surface area contributed by atoms with Crippen molar-refractivity contribution in [3.05, 3.63) is 63.6 Å². The highest BCUT2D eigenvalue weighted by Crippen LogP contribution is 2.35. The van der Waals surface area contributed by atoms with Gasteiger partial charge in [-0.05, 0) is 24.3 Å². The van der Waals surface area contributed by atoms with Gasteiger partial charge in [0.05, 0.1) is 22.0 Å². The SMILES string of the molecule is Cn1c(O)c(C2=c3cc(Cl)ccc3=NC2=O)c2ccccc21. The van der Waals surface area contributed by atoms with Crippen LogP contribution < -0.4 is 10.6 Å². The molecule has 1 aliphatic rings. The Balaban J connectivity index is 2.22. The molecule has 108 valence electrons. The summed E-state index contributed by atoms with van der Waals surface area (Å²) >= 11 is 6.05. The van der Waals surface area contributed by atoms with Crippen LogP contribution in [0.3, 0.4) is 0 Å². The van der Waals surface area contributed by atoms with Crippen LogP contribution in [0, 0.1) is 0 Å². The quantitative estimate of drug-likeness (QED) is 0.746. The average molecular weight is 311 g/mol. The first kappa shape index (κ1) is 13.1. The number of fused-ring (bicyclic) bond motifs is 2. The zero-order chi connectivity index (χ0) is 15.4. The van der Waals surface area contributed by atoms with Crippen LogP contribution in [-0.4, -0.2) is 15.6 Å². The molecule has 0 aliphatic carbocycles. The van der Waals surface area contributed by atoms with Gasteiger partial charge in [0.15, 0.2) is 5.88 Å². The lowest BCUT2D eigenvalue weighted by atomic mass is 10.0. The van der Waals surface area contributed by atoms with Crippen molar-refractivity contribution < 1.29 is 9.90 Å². The van der Waals surface area contributed by atoms with Crippen molar-refractivity contribution in [1.29, 1.82) is 0 Å². The first-order chi connectivity index (χ1) is 10.6. The number of amides is 1. The van der Waals surface area contributed by atoms with E-state index in [1.807, 2.05) is 24.3 Å². The predicted octanol–water partition coefficient (Wildman–Crippen LogP) is 1.90. The van der Waals surface area contributed by atoms with Gasteiger partial charge < -0.3 is 9.67 Å². The van der Waals surface area contributed by atoms with Crippen molar-refractivity contribution in [3.8, 4) is 5.88 Å². The third kappa shape index (κ3) is 1.64. The van der Waals surface area contributed by atoms with Crippen LogP contribution >= 0.6 is 11.6 Å². The highest BCUT2D eigenvalue weighted by molar-refractivity contribution is 6.31. The molecule has 0 radical (unpaired) electrons. The number of aromatic nitrogens is 1. The number of carbonyl (C=O) groups is 1. The van der Waals surface area contributed by atoms with E-state index in [9.17, 15) is 9.90 Å². The Bertz CT molecular complexity index is 1080. The number of halogens is 1. The molecule has 2 heterocycles. The Morgan fingerprint density at radius 1 is 1.18 bits per heavy atom. The third-order valence-corrected chi connectivity index (χ3v) is 4.22. The Morgan fingerprint density at radius 2 is 1.95 bits per heavy atom. The topological polar surface area (TPSA) is 54.6 Å². The maximum Gasteiger partial charge on any atom is 0.279 e. The summed E-state index contributed by atoms with van der Waals surface area (Å²) < 4.78 is 1.66. The fourth-order valence-corrected chi connectivity index (χ4v) is 3.13. The number of nitrogens with zero attached hydrogens (tertiary/aromatic N) is 2. The van der Waals surface area contributed by atoms with Gasteiger partial charge in [-0.2, -0.15) is 0 Å². The second-order valence-electron chi connectivity index (χ2n) is 5.23. The predicted molar refractivity (Wildman–Crippen MR) is 84.3 cm³/mol. The van der Waals surface area contributed by atoms with Crippen LogP contribution in [0.5, 0.6) is 5.88 Å². The number of hydrogen-bond acceptors (Lipinski definition) is 2. The average Bonchev–Trinajstić information content (AvgIpc) is 2.95. The third-order valence-electron chi connectivity index (χ3n) is 3.99. The number of aromatic hydroxyl groups is 1. The van der Waals surface area contributed by atoms with Gasteiger partial charge in [0.1, 0.15) is 0 Å². The zero-order valence-electron chi connectivity index (χ0n) is 11.7. The van der Waals surface area contributed by atoms with Gasteiger partial charge in [0, 0.05) is 22.7 Å². The lowest BCUT2D eigenvalue weighted by Crippen LogP contribution is -2.22. The molecule has 0 atom stereocenters. The van der Waals surface area contributed by atoms with E-state index >= 15 is 0 Å². The van der Waals surface area contributed by atoms with Crippen LogP contribution in [0.1, 0.15) is 5.56 Å². The van der Waals surface area contributed by atoms with Crippen LogP contribution in [0.4, 0.5) is 0 Å². The molecule has 22 heavy (non-hydrogen) atoms. The van der Waals surface area contributed by atoms with Crippen molar-refractivity contribution in [2.24, 2.45) is 12.0 Å².